The molecule has 27 heavy (non-hydrogen) atoms. The summed E-state index contributed by atoms with van der Waals surface area (Å²) >= 11 is 12.0. The summed E-state index contributed by atoms with van der Waals surface area (Å²) in [6.07, 6.45) is 0. The molecule has 2 N–H and O–H groups in total. The van der Waals surface area contributed by atoms with Crippen LogP contribution in [0.1, 0.15) is 10.4 Å². The van der Waals surface area contributed by atoms with Crippen molar-refractivity contribution >= 4 is 46.4 Å². The highest BCUT2D eigenvalue weighted by Crippen LogP contribution is 2.25. The van der Waals surface area contributed by atoms with Gasteiger partial charge in [0.15, 0.2) is 0 Å². The molecule has 1 aliphatic rings. The molecule has 0 bridgehead atoms. The lowest BCUT2D eigenvalue weighted by atomic mass is 10.1. The molecule has 8 heteroatoms. The lowest BCUT2D eigenvalue weighted by Gasteiger charge is -2.26. The Bertz CT molecular complexity index is 821. The molecule has 142 valence electrons. The third-order valence-electron chi connectivity index (χ3n) is 4.08. The summed E-state index contributed by atoms with van der Waals surface area (Å²) in [7, 11) is 0. The maximum Gasteiger partial charge on any atom is 0.254 e. The molecule has 3 rings (SSSR count). The van der Waals surface area contributed by atoms with Crippen molar-refractivity contribution in [2.45, 2.75) is 0 Å². The third-order valence-corrected chi connectivity index (χ3v) is 4.65. The van der Waals surface area contributed by atoms with E-state index in [1.807, 2.05) is 0 Å². The molecule has 0 radical (unpaired) electrons. The molecular formula is C19H19Cl2N3O3. The van der Waals surface area contributed by atoms with E-state index in [2.05, 4.69) is 10.6 Å². The highest BCUT2D eigenvalue weighted by Gasteiger charge is 2.18. The zero-order chi connectivity index (χ0) is 19.2. The van der Waals surface area contributed by atoms with Crippen LogP contribution in [0.4, 0.5) is 11.4 Å². The second-order valence-corrected chi connectivity index (χ2v) is 6.85. The molecule has 2 amide bonds. The number of nitrogens with one attached hydrogen (secondary N) is 2. The maximum absolute atomic E-state index is 12.4. The number of nitrogens with zero attached hydrogens (tertiary/aromatic N) is 1. The average molecular weight is 408 g/mol. The first-order valence-electron chi connectivity index (χ1n) is 8.49. The van der Waals surface area contributed by atoms with E-state index in [0.717, 1.165) is 0 Å². The summed E-state index contributed by atoms with van der Waals surface area (Å²) in [5.41, 5.74) is 1.78. The van der Waals surface area contributed by atoms with Crippen LogP contribution in [-0.4, -0.2) is 49.6 Å². The quantitative estimate of drug-likeness (QED) is 0.795. The van der Waals surface area contributed by atoms with Crippen LogP contribution in [0.2, 0.25) is 10.0 Å². The van der Waals surface area contributed by atoms with Crippen molar-refractivity contribution < 1.29 is 14.3 Å². The van der Waals surface area contributed by atoms with Gasteiger partial charge in [0, 0.05) is 29.4 Å². The van der Waals surface area contributed by atoms with Gasteiger partial charge >= 0.3 is 0 Å². The van der Waals surface area contributed by atoms with Crippen molar-refractivity contribution in [3.8, 4) is 0 Å². The Labute approximate surface area is 167 Å². The van der Waals surface area contributed by atoms with E-state index < -0.39 is 0 Å². The first-order chi connectivity index (χ1) is 13.0. The van der Waals surface area contributed by atoms with Crippen molar-refractivity contribution in [1.29, 1.82) is 0 Å². The molecule has 0 saturated carbocycles. The molecule has 1 saturated heterocycles. The molecule has 0 spiro atoms. The van der Waals surface area contributed by atoms with Crippen LogP contribution in [0.3, 0.4) is 0 Å². The predicted octanol–water partition coefficient (Wildman–Crippen LogP) is 3.52. The van der Waals surface area contributed by atoms with Gasteiger partial charge in [-0.25, -0.2) is 0 Å². The number of hydrogen-bond acceptors (Lipinski definition) is 4. The van der Waals surface area contributed by atoms with E-state index in [9.17, 15) is 9.59 Å². The molecule has 0 aromatic heterocycles. The molecule has 0 aliphatic carbocycles. The minimum Gasteiger partial charge on any atom is -0.378 e. The van der Waals surface area contributed by atoms with Gasteiger partial charge < -0.3 is 20.3 Å². The standard InChI is InChI=1S/C19H19Cl2N3O3/c20-14-3-6-16(21)17(11-14)22-12-18(25)23-15-4-1-13(2-5-15)19(26)24-7-9-27-10-8-24/h1-6,11,22H,7-10,12H2,(H,23,25). The van der Waals surface area contributed by atoms with E-state index in [4.69, 9.17) is 27.9 Å². The van der Waals surface area contributed by atoms with E-state index in [-0.39, 0.29) is 18.4 Å². The number of rotatable bonds is 5. The van der Waals surface area contributed by atoms with Crippen LogP contribution < -0.4 is 10.6 Å². The Hall–Kier alpha value is -2.28. The van der Waals surface area contributed by atoms with Crippen LogP contribution >= 0.6 is 23.2 Å². The van der Waals surface area contributed by atoms with E-state index in [1.165, 1.54) is 0 Å². The maximum atomic E-state index is 12.4. The molecule has 0 atom stereocenters. The van der Waals surface area contributed by atoms with Gasteiger partial charge in [0.1, 0.15) is 0 Å². The number of ether oxygens (including phenoxy) is 1. The van der Waals surface area contributed by atoms with E-state index in [0.29, 0.717) is 53.3 Å². The SMILES string of the molecule is O=C(CNc1cc(Cl)ccc1Cl)Nc1ccc(C(=O)N2CCOCC2)cc1. The number of halogens is 2. The van der Waals surface area contributed by atoms with Crippen LogP contribution in [-0.2, 0) is 9.53 Å². The highest BCUT2D eigenvalue weighted by atomic mass is 35.5. The lowest BCUT2D eigenvalue weighted by molar-refractivity contribution is -0.114. The van der Waals surface area contributed by atoms with Gasteiger partial charge in [0.05, 0.1) is 30.5 Å². The molecule has 1 aliphatic heterocycles. The summed E-state index contributed by atoms with van der Waals surface area (Å²) < 4.78 is 5.25. The van der Waals surface area contributed by atoms with Crippen LogP contribution in [0.5, 0.6) is 0 Å². The van der Waals surface area contributed by atoms with Crippen LogP contribution in [0.25, 0.3) is 0 Å². The van der Waals surface area contributed by atoms with Crippen molar-refractivity contribution in [2.24, 2.45) is 0 Å². The van der Waals surface area contributed by atoms with Gasteiger partial charge in [0.2, 0.25) is 5.91 Å². The molecule has 2 aromatic carbocycles. The number of hydrogen-bond donors (Lipinski definition) is 2. The molecule has 0 unspecified atom stereocenters. The summed E-state index contributed by atoms with van der Waals surface area (Å²) in [5.74, 6) is -0.272. The van der Waals surface area contributed by atoms with E-state index in [1.54, 1.807) is 47.4 Å². The number of amides is 2. The summed E-state index contributed by atoms with van der Waals surface area (Å²) in [6.45, 7) is 2.34. The first kappa shape index (κ1) is 19.5. The van der Waals surface area contributed by atoms with Crippen molar-refractivity contribution in [3.63, 3.8) is 0 Å². The normalized spacial score (nSPS) is 13.9. The second kappa shape index (κ2) is 9.08. The van der Waals surface area contributed by atoms with Gasteiger partial charge in [-0.15, -0.1) is 0 Å². The number of carbonyl (C=O) groups is 2. The zero-order valence-electron chi connectivity index (χ0n) is 14.5. The molecule has 2 aromatic rings. The van der Waals surface area contributed by atoms with E-state index >= 15 is 0 Å². The molecule has 6 nitrogen and oxygen atoms in total. The summed E-state index contributed by atoms with van der Waals surface area (Å²) in [5, 5.41) is 6.73. The summed E-state index contributed by atoms with van der Waals surface area (Å²) in [4.78, 5) is 26.3. The Kier molecular flexibility index (Phi) is 6.55. The molecule has 1 fully saturated rings. The smallest absolute Gasteiger partial charge is 0.254 e. The Morgan fingerprint density at radius 2 is 1.74 bits per heavy atom. The van der Waals surface area contributed by atoms with Crippen molar-refractivity contribution in [2.75, 3.05) is 43.5 Å². The fourth-order valence-corrected chi connectivity index (χ4v) is 3.02. The molecular weight excluding hydrogens is 389 g/mol. The van der Waals surface area contributed by atoms with Crippen LogP contribution in [0, 0.1) is 0 Å². The fourth-order valence-electron chi connectivity index (χ4n) is 2.66. The van der Waals surface area contributed by atoms with Gasteiger partial charge in [-0.05, 0) is 42.5 Å². The van der Waals surface area contributed by atoms with Gasteiger partial charge in [-0.3, -0.25) is 9.59 Å². The fraction of sp³-hybridized carbons (Fsp3) is 0.263. The van der Waals surface area contributed by atoms with Crippen LogP contribution in [0.15, 0.2) is 42.5 Å². The molecule has 1 heterocycles. The average Bonchev–Trinajstić information content (AvgIpc) is 2.69. The number of morpholine rings is 1. The highest BCUT2D eigenvalue weighted by molar-refractivity contribution is 6.35. The number of benzene rings is 2. The first-order valence-corrected chi connectivity index (χ1v) is 9.24. The lowest BCUT2D eigenvalue weighted by Crippen LogP contribution is -2.40. The van der Waals surface area contributed by atoms with Crippen molar-refractivity contribution in [3.05, 3.63) is 58.1 Å². The Morgan fingerprint density at radius 1 is 1.04 bits per heavy atom. The number of anilines is 2. The Morgan fingerprint density at radius 3 is 2.44 bits per heavy atom. The largest absolute Gasteiger partial charge is 0.378 e. The topological polar surface area (TPSA) is 70.7 Å². The minimum absolute atomic E-state index is 0.0339. The van der Waals surface area contributed by atoms with Gasteiger partial charge in [-0.1, -0.05) is 23.2 Å². The minimum atomic E-state index is -0.238. The Balaban J connectivity index is 1.53. The van der Waals surface area contributed by atoms with Crippen molar-refractivity contribution in [1.82, 2.24) is 4.90 Å². The number of carbonyl (C=O) groups excluding carboxylic acids is 2. The van der Waals surface area contributed by atoms with Gasteiger partial charge in [0.25, 0.3) is 5.91 Å². The zero-order valence-corrected chi connectivity index (χ0v) is 16.0. The monoisotopic (exact) mass is 407 g/mol. The van der Waals surface area contributed by atoms with Gasteiger partial charge in [-0.2, -0.15) is 0 Å². The second-order valence-electron chi connectivity index (χ2n) is 6.01. The third kappa shape index (κ3) is 5.35. The predicted molar refractivity (Wildman–Crippen MR) is 107 cm³/mol. The summed E-state index contributed by atoms with van der Waals surface area (Å²) in [6, 6.07) is 11.8.